The van der Waals surface area contributed by atoms with E-state index in [4.69, 9.17) is 4.74 Å². The molecule has 1 aliphatic carbocycles. The molecule has 0 aliphatic heterocycles. The summed E-state index contributed by atoms with van der Waals surface area (Å²) in [6.07, 6.45) is 7.31. The van der Waals surface area contributed by atoms with Gasteiger partial charge in [-0.3, -0.25) is 24.7 Å². The molecule has 0 spiro atoms. The molecular formula is C46H70N8O7. The molecule has 0 saturated heterocycles. The maximum atomic E-state index is 14.5. The normalized spacial score (nSPS) is 17.5. The van der Waals surface area contributed by atoms with Gasteiger partial charge in [-0.1, -0.05) is 103 Å². The number of pyridine rings is 1. The summed E-state index contributed by atoms with van der Waals surface area (Å²) in [5, 5.41) is 39.2. The van der Waals surface area contributed by atoms with Crippen LogP contribution in [0.15, 0.2) is 67.3 Å². The number of benzene rings is 1. The highest BCUT2D eigenvalue weighted by Gasteiger charge is 2.40. The number of amides is 4. The Hall–Kier alpha value is -4.86. The zero-order valence-electron chi connectivity index (χ0n) is 37.0. The number of carbonyl (C=O) groups excluding carboxylic acids is 4. The Morgan fingerprint density at radius 3 is 2.13 bits per heavy atom. The summed E-state index contributed by atoms with van der Waals surface area (Å²) in [4.78, 5) is 66.8. The standard InChI is InChI=1S/C46H70N8O7/c1-8-30(4)39(44(59)49-27-33-21-15-16-22-48-33)54-38(29(2)3)41(56)40(55)35(23-31-17-11-9-12-18-31)51-43(58)37(25-34-26-47-28-50-34)52-42(57)36(24-32-19-13-10-14-20-32)53-45(60)61-46(5,6)7/h10,13-16,19-22,26,28-31,35-41,54-56H,8-9,11-12,17-18,23-25,27H2,1-7H3,(H,47,50)(H,49,59)(H,51,58)(H,52,57)(H,53,60)/t30-,35-,36-,37-,38+,39-,40+,41-/m0/s1. The average Bonchev–Trinajstić information content (AvgIpc) is 3.75. The summed E-state index contributed by atoms with van der Waals surface area (Å²) in [5.41, 5.74) is 1.26. The van der Waals surface area contributed by atoms with Crippen LogP contribution in [0.3, 0.4) is 0 Å². The van der Waals surface area contributed by atoms with E-state index >= 15 is 0 Å². The summed E-state index contributed by atoms with van der Waals surface area (Å²) in [6, 6.07) is 10.1. The van der Waals surface area contributed by atoms with Gasteiger partial charge in [-0.25, -0.2) is 9.78 Å². The maximum Gasteiger partial charge on any atom is 0.408 e. The van der Waals surface area contributed by atoms with E-state index < -0.39 is 65.9 Å². The van der Waals surface area contributed by atoms with E-state index in [1.807, 2.05) is 76.2 Å². The number of nitrogens with one attached hydrogen (secondary N) is 6. The molecule has 4 amide bonds. The van der Waals surface area contributed by atoms with Crippen LogP contribution in [-0.2, 0) is 38.5 Å². The fourth-order valence-corrected chi connectivity index (χ4v) is 7.82. The van der Waals surface area contributed by atoms with E-state index in [0.717, 1.165) is 37.7 Å². The number of carbonyl (C=O) groups is 4. The van der Waals surface area contributed by atoms with Gasteiger partial charge < -0.3 is 41.2 Å². The number of alkyl carbamates (subject to hydrolysis) is 1. The number of ether oxygens (including phenoxy) is 1. The molecule has 0 radical (unpaired) electrons. The Balaban J connectivity index is 1.59. The fourth-order valence-electron chi connectivity index (χ4n) is 7.82. The number of imidazole rings is 1. The van der Waals surface area contributed by atoms with Gasteiger partial charge in [0, 0.05) is 37.0 Å². The fraction of sp³-hybridized carbons (Fsp3) is 0.609. The second kappa shape index (κ2) is 24.0. The number of hydrogen-bond acceptors (Lipinski definition) is 10. The molecule has 8 N–H and O–H groups in total. The first-order chi connectivity index (χ1) is 29.0. The Bertz CT molecular complexity index is 1770. The molecule has 2 heterocycles. The number of aromatic nitrogens is 3. The third-order valence-corrected chi connectivity index (χ3v) is 11.4. The Morgan fingerprint density at radius 1 is 0.852 bits per heavy atom. The van der Waals surface area contributed by atoms with Crippen molar-refractivity contribution in [3.05, 3.63) is 84.2 Å². The number of hydrogen-bond donors (Lipinski definition) is 8. The van der Waals surface area contributed by atoms with Crippen LogP contribution in [-0.4, -0.2) is 97.0 Å². The highest BCUT2D eigenvalue weighted by molar-refractivity contribution is 5.91. The topological polar surface area (TPSA) is 220 Å². The largest absolute Gasteiger partial charge is 0.444 e. The van der Waals surface area contributed by atoms with E-state index in [0.29, 0.717) is 24.2 Å². The van der Waals surface area contributed by atoms with E-state index in [1.165, 1.54) is 6.33 Å². The van der Waals surface area contributed by atoms with E-state index in [-0.39, 0.29) is 43.0 Å². The zero-order chi connectivity index (χ0) is 44.5. The summed E-state index contributed by atoms with van der Waals surface area (Å²) < 4.78 is 5.49. The van der Waals surface area contributed by atoms with Crippen LogP contribution >= 0.6 is 0 Å². The van der Waals surface area contributed by atoms with Crippen molar-refractivity contribution >= 4 is 23.8 Å². The van der Waals surface area contributed by atoms with Gasteiger partial charge >= 0.3 is 6.09 Å². The van der Waals surface area contributed by atoms with Crippen molar-refractivity contribution in [3.8, 4) is 0 Å². The molecule has 3 aromatic rings. The highest BCUT2D eigenvalue weighted by Crippen LogP contribution is 2.29. The van der Waals surface area contributed by atoms with Crippen molar-refractivity contribution in [1.82, 2.24) is 41.5 Å². The van der Waals surface area contributed by atoms with Crippen LogP contribution in [0.4, 0.5) is 4.79 Å². The van der Waals surface area contributed by atoms with Gasteiger partial charge in [-0.05, 0) is 62.6 Å². The van der Waals surface area contributed by atoms with Crippen molar-refractivity contribution in [1.29, 1.82) is 0 Å². The van der Waals surface area contributed by atoms with Crippen molar-refractivity contribution in [2.45, 2.75) is 161 Å². The van der Waals surface area contributed by atoms with Crippen LogP contribution in [0.25, 0.3) is 0 Å². The van der Waals surface area contributed by atoms with Gasteiger partial charge in [0.1, 0.15) is 23.8 Å². The van der Waals surface area contributed by atoms with Gasteiger partial charge in [0.25, 0.3) is 0 Å². The monoisotopic (exact) mass is 847 g/mol. The minimum Gasteiger partial charge on any atom is -0.444 e. The minimum absolute atomic E-state index is 0.0250. The van der Waals surface area contributed by atoms with Gasteiger partial charge in [0.15, 0.2) is 0 Å². The molecule has 1 saturated carbocycles. The number of aromatic amines is 1. The average molecular weight is 847 g/mol. The quantitative estimate of drug-likeness (QED) is 0.0709. The predicted octanol–water partition coefficient (Wildman–Crippen LogP) is 4.49. The third-order valence-electron chi connectivity index (χ3n) is 11.4. The second-order valence-corrected chi connectivity index (χ2v) is 17.9. The second-order valence-electron chi connectivity index (χ2n) is 17.9. The number of nitrogens with zero attached hydrogens (tertiary/aromatic N) is 2. The van der Waals surface area contributed by atoms with Gasteiger partial charge in [-0.2, -0.15) is 0 Å². The van der Waals surface area contributed by atoms with Crippen molar-refractivity contribution in [2.75, 3.05) is 0 Å². The highest BCUT2D eigenvalue weighted by atomic mass is 16.6. The van der Waals surface area contributed by atoms with Crippen LogP contribution in [0.2, 0.25) is 0 Å². The molecule has 0 bridgehead atoms. The lowest BCUT2D eigenvalue weighted by Gasteiger charge is -2.39. The molecule has 4 rings (SSSR count). The van der Waals surface area contributed by atoms with Crippen LogP contribution in [0.5, 0.6) is 0 Å². The molecule has 0 unspecified atom stereocenters. The maximum absolute atomic E-state index is 14.5. The smallest absolute Gasteiger partial charge is 0.408 e. The Labute approximate surface area is 361 Å². The van der Waals surface area contributed by atoms with Crippen LogP contribution in [0.1, 0.15) is 110 Å². The summed E-state index contributed by atoms with van der Waals surface area (Å²) in [5.74, 6) is -1.59. The first kappa shape index (κ1) is 48.8. The van der Waals surface area contributed by atoms with Gasteiger partial charge in [0.05, 0.1) is 36.8 Å². The lowest BCUT2D eigenvalue weighted by Crippen LogP contribution is -2.62. The number of rotatable bonds is 22. The van der Waals surface area contributed by atoms with Crippen LogP contribution in [0, 0.1) is 17.8 Å². The lowest BCUT2D eigenvalue weighted by molar-refractivity contribution is -0.131. The molecule has 15 heteroatoms. The van der Waals surface area contributed by atoms with Crippen molar-refractivity contribution < 1.29 is 34.1 Å². The van der Waals surface area contributed by atoms with Gasteiger partial charge in [0.2, 0.25) is 17.7 Å². The third kappa shape index (κ3) is 16.2. The summed E-state index contributed by atoms with van der Waals surface area (Å²) in [7, 11) is 0. The van der Waals surface area contributed by atoms with E-state index in [9.17, 15) is 29.4 Å². The molecule has 8 atom stereocenters. The van der Waals surface area contributed by atoms with Crippen LogP contribution < -0.4 is 26.6 Å². The number of H-pyrrole nitrogens is 1. The lowest BCUT2D eigenvalue weighted by atomic mass is 9.81. The minimum atomic E-state index is -1.44. The molecule has 15 nitrogen and oxygen atoms in total. The van der Waals surface area contributed by atoms with Crippen molar-refractivity contribution in [2.24, 2.45) is 17.8 Å². The molecule has 1 aliphatic rings. The summed E-state index contributed by atoms with van der Waals surface area (Å²) in [6.45, 7) is 13.2. The SMILES string of the molecule is CC[C@H](C)[C@H](N[C@H](C(C)C)[C@H](O)[C@H](O)[C@H](CC1CCCCC1)NC(=O)[C@H](Cc1cnc[nH]1)NC(=O)[C@H](Cc1ccccc1)NC(=O)OC(C)(C)C)C(=O)NCc1ccccn1. The molecule has 61 heavy (non-hydrogen) atoms. The van der Waals surface area contributed by atoms with Gasteiger partial charge in [-0.15, -0.1) is 0 Å². The summed E-state index contributed by atoms with van der Waals surface area (Å²) >= 11 is 0. The molecule has 336 valence electrons. The number of aliphatic hydroxyl groups excluding tert-OH is 2. The molecule has 2 aromatic heterocycles. The first-order valence-corrected chi connectivity index (χ1v) is 22.0. The number of aliphatic hydroxyl groups is 2. The Morgan fingerprint density at radius 2 is 1.52 bits per heavy atom. The van der Waals surface area contributed by atoms with E-state index in [1.54, 1.807) is 33.2 Å². The Kier molecular flexibility index (Phi) is 19.2. The van der Waals surface area contributed by atoms with E-state index in [2.05, 4.69) is 41.5 Å². The molecular weight excluding hydrogens is 777 g/mol. The predicted molar refractivity (Wildman–Crippen MR) is 234 cm³/mol. The molecule has 1 aromatic carbocycles. The van der Waals surface area contributed by atoms with Crippen molar-refractivity contribution in [3.63, 3.8) is 0 Å². The zero-order valence-corrected chi connectivity index (χ0v) is 37.0. The molecule has 1 fully saturated rings. The first-order valence-electron chi connectivity index (χ1n) is 22.0.